The van der Waals surface area contributed by atoms with E-state index >= 15 is 0 Å². The topological polar surface area (TPSA) is 48.7 Å². The third-order valence-corrected chi connectivity index (χ3v) is 4.44. The summed E-state index contributed by atoms with van der Waals surface area (Å²) < 4.78 is 1.85. The molecule has 1 fully saturated rings. The maximum absolute atomic E-state index is 4.93. The number of likely N-dealkylation sites (N-methyl/N-ethyl adjacent to an activating group) is 1. The SMILES string of the molecule is CCNC(=NCC(c1cnn(C)c1)N(C)C)N1CCCC(C)C1. The number of hydrogen-bond donors (Lipinski definition) is 1. The fraction of sp³-hybridized carbons (Fsp3) is 0.765. The van der Waals surface area contributed by atoms with Crippen LogP contribution in [0.25, 0.3) is 0 Å². The fourth-order valence-corrected chi connectivity index (χ4v) is 3.16. The summed E-state index contributed by atoms with van der Waals surface area (Å²) in [6, 6.07) is 0.250. The zero-order valence-corrected chi connectivity index (χ0v) is 15.3. The number of piperidine rings is 1. The van der Waals surface area contributed by atoms with Gasteiger partial charge in [-0.05, 0) is 39.8 Å². The van der Waals surface area contributed by atoms with E-state index in [2.05, 4.69) is 54.4 Å². The molecule has 0 amide bonds. The molecule has 1 N–H and O–H groups in total. The van der Waals surface area contributed by atoms with Gasteiger partial charge in [0.25, 0.3) is 0 Å². The molecule has 2 rings (SSSR count). The second kappa shape index (κ2) is 8.34. The number of guanidine groups is 1. The maximum Gasteiger partial charge on any atom is 0.193 e. The standard InChI is InChI=1S/C17H32N6/c1-6-18-17(23-9-7-8-14(2)12-23)19-11-16(21(3)4)15-10-20-22(5)13-15/h10,13-14,16H,6-9,11-12H2,1-5H3,(H,18,19). The third-order valence-electron chi connectivity index (χ3n) is 4.44. The van der Waals surface area contributed by atoms with Crippen LogP contribution in [-0.4, -0.2) is 65.8 Å². The van der Waals surface area contributed by atoms with Gasteiger partial charge >= 0.3 is 0 Å². The second-order valence-corrected chi connectivity index (χ2v) is 6.81. The number of nitrogens with one attached hydrogen (secondary N) is 1. The number of aromatic nitrogens is 2. The van der Waals surface area contributed by atoms with Crippen molar-refractivity contribution in [1.29, 1.82) is 0 Å². The van der Waals surface area contributed by atoms with Crippen LogP contribution in [0.15, 0.2) is 17.4 Å². The largest absolute Gasteiger partial charge is 0.357 e. The molecule has 130 valence electrons. The summed E-state index contributed by atoms with van der Waals surface area (Å²) in [6.07, 6.45) is 6.60. The van der Waals surface area contributed by atoms with Crippen molar-refractivity contribution < 1.29 is 0 Å². The minimum atomic E-state index is 0.250. The number of rotatable bonds is 5. The molecular formula is C17H32N6. The summed E-state index contributed by atoms with van der Waals surface area (Å²) in [7, 11) is 6.16. The predicted molar refractivity (Wildman–Crippen MR) is 95.6 cm³/mol. The van der Waals surface area contributed by atoms with Gasteiger partial charge < -0.3 is 15.1 Å². The lowest BCUT2D eigenvalue weighted by atomic mass is 10.0. The molecule has 2 heterocycles. The molecule has 2 atom stereocenters. The minimum absolute atomic E-state index is 0.250. The zero-order valence-electron chi connectivity index (χ0n) is 15.3. The first-order valence-electron chi connectivity index (χ1n) is 8.69. The van der Waals surface area contributed by atoms with E-state index in [1.165, 1.54) is 18.4 Å². The summed E-state index contributed by atoms with van der Waals surface area (Å²) in [5.41, 5.74) is 1.21. The van der Waals surface area contributed by atoms with Crippen LogP contribution in [0.4, 0.5) is 0 Å². The maximum atomic E-state index is 4.93. The zero-order chi connectivity index (χ0) is 16.8. The van der Waals surface area contributed by atoms with Gasteiger partial charge in [-0.25, -0.2) is 0 Å². The van der Waals surface area contributed by atoms with Crippen LogP contribution in [0.1, 0.15) is 38.3 Å². The molecule has 1 aliphatic rings. The highest BCUT2D eigenvalue weighted by Crippen LogP contribution is 2.19. The molecule has 1 aromatic heterocycles. The highest BCUT2D eigenvalue weighted by atomic mass is 15.3. The van der Waals surface area contributed by atoms with E-state index in [1.807, 2.05) is 17.9 Å². The summed E-state index contributed by atoms with van der Waals surface area (Å²) in [4.78, 5) is 9.55. The van der Waals surface area contributed by atoms with E-state index < -0.39 is 0 Å². The summed E-state index contributed by atoms with van der Waals surface area (Å²) in [6.45, 7) is 8.32. The number of aliphatic imine (C=N–C) groups is 1. The van der Waals surface area contributed by atoms with Gasteiger partial charge in [0.05, 0.1) is 18.8 Å². The molecule has 1 saturated heterocycles. The molecule has 0 aromatic carbocycles. The van der Waals surface area contributed by atoms with Gasteiger partial charge in [-0.2, -0.15) is 5.10 Å². The molecule has 0 radical (unpaired) electrons. The number of hydrogen-bond acceptors (Lipinski definition) is 3. The van der Waals surface area contributed by atoms with Gasteiger partial charge in [0, 0.05) is 38.4 Å². The van der Waals surface area contributed by atoms with Crippen LogP contribution in [0, 0.1) is 5.92 Å². The Kier molecular flexibility index (Phi) is 6.45. The summed E-state index contributed by atoms with van der Waals surface area (Å²) >= 11 is 0. The van der Waals surface area contributed by atoms with Crippen molar-refractivity contribution in [3.63, 3.8) is 0 Å². The molecular weight excluding hydrogens is 288 g/mol. The Morgan fingerprint density at radius 3 is 2.87 bits per heavy atom. The molecule has 0 saturated carbocycles. The number of likely N-dealkylation sites (tertiary alicyclic amines) is 1. The Labute approximate surface area is 140 Å². The molecule has 1 aliphatic heterocycles. The van der Waals surface area contributed by atoms with E-state index in [0.29, 0.717) is 0 Å². The van der Waals surface area contributed by atoms with Crippen molar-refractivity contribution >= 4 is 5.96 Å². The molecule has 0 spiro atoms. The average Bonchev–Trinajstić information content (AvgIpc) is 2.92. The Bertz CT molecular complexity index is 507. The van der Waals surface area contributed by atoms with Gasteiger partial charge in [-0.1, -0.05) is 6.92 Å². The summed E-state index contributed by atoms with van der Waals surface area (Å²) in [5.74, 6) is 1.80. The minimum Gasteiger partial charge on any atom is -0.357 e. The third kappa shape index (κ3) is 4.96. The normalized spacial score (nSPS) is 20.9. The molecule has 6 heteroatoms. The monoisotopic (exact) mass is 320 g/mol. The lowest BCUT2D eigenvalue weighted by Gasteiger charge is -2.34. The Morgan fingerprint density at radius 2 is 2.30 bits per heavy atom. The first-order valence-corrected chi connectivity index (χ1v) is 8.69. The number of aryl methyl sites for hydroxylation is 1. The first kappa shape index (κ1) is 17.8. The molecule has 0 bridgehead atoms. The van der Waals surface area contributed by atoms with Crippen LogP contribution < -0.4 is 5.32 Å². The lowest BCUT2D eigenvalue weighted by molar-refractivity contribution is 0.263. The fourth-order valence-electron chi connectivity index (χ4n) is 3.16. The highest BCUT2D eigenvalue weighted by Gasteiger charge is 2.21. The van der Waals surface area contributed by atoms with Crippen LogP contribution >= 0.6 is 0 Å². The highest BCUT2D eigenvalue weighted by molar-refractivity contribution is 5.80. The van der Waals surface area contributed by atoms with Crippen LogP contribution in [0.2, 0.25) is 0 Å². The van der Waals surface area contributed by atoms with E-state index in [0.717, 1.165) is 38.1 Å². The second-order valence-electron chi connectivity index (χ2n) is 6.81. The van der Waals surface area contributed by atoms with Gasteiger partial charge in [-0.15, -0.1) is 0 Å². The van der Waals surface area contributed by atoms with Crippen molar-refractivity contribution in [2.75, 3.05) is 40.3 Å². The van der Waals surface area contributed by atoms with E-state index in [1.54, 1.807) is 0 Å². The van der Waals surface area contributed by atoms with Crippen molar-refractivity contribution in [2.24, 2.45) is 18.0 Å². The van der Waals surface area contributed by atoms with Gasteiger partial charge in [-0.3, -0.25) is 9.67 Å². The van der Waals surface area contributed by atoms with Crippen LogP contribution in [-0.2, 0) is 7.05 Å². The van der Waals surface area contributed by atoms with E-state index in [4.69, 9.17) is 4.99 Å². The number of nitrogens with zero attached hydrogens (tertiary/aromatic N) is 5. The Balaban J connectivity index is 2.10. The smallest absolute Gasteiger partial charge is 0.193 e. The van der Waals surface area contributed by atoms with Crippen molar-refractivity contribution in [2.45, 2.75) is 32.7 Å². The lowest BCUT2D eigenvalue weighted by Crippen LogP contribution is -2.46. The molecule has 2 unspecified atom stereocenters. The van der Waals surface area contributed by atoms with Crippen LogP contribution in [0.3, 0.4) is 0 Å². The van der Waals surface area contributed by atoms with Crippen molar-refractivity contribution in [3.05, 3.63) is 18.0 Å². The Hall–Kier alpha value is -1.56. The van der Waals surface area contributed by atoms with Gasteiger partial charge in [0.2, 0.25) is 0 Å². The van der Waals surface area contributed by atoms with E-state index in [9.17, 15) is 0 Å². The quantitative estimate of drug-likeness (QED) is 0.663. The molecule has 6 nitrogen and oxygen atoms in total. The molecule has 1 aromatic rings. The first-order chi connectivity index (χ1) is 11.0. The van der Waals surface area contributed by atoms with E-state index in [-0.39, 0.29) is 6.04 Å². The van der Waals surface area contributed by atoms with Crippen LogP contribution in [0.5, 0.6) is 0 Å². The van der Waals surface area contributed by atoms with Gasteiger partial charge in [0.1, 0.15) is 0 Å². The molecule has 23 heavy (non-hydrogen) atoms. The Morgan fingerprint density at radius 1 is 1.52 bits per heavy atom. The molecule has 0 aliphatic carbocycles. The average molecular weight is 320 g/mol. The van der Waals surface area contributed by atoms with Gasteiger partial charge in [0.15, 0.2) is 5.96 Å². The van der Waals surface area contributed by atoms with Crippen molar-refractivity contribution in [3.8, 4) is 0 Å². The predicted octanol–water partition coefficient (Wildman–Crippen LogP) is 1.72. The van der Waals surface area contributed by atoms with Crippen molar-refractivity contribution in [1.82, 2.24) is 24.9 Å². The summed E-state index contributed by atoms with van der Waals surface area (Å²) in [5, 5.41) is 7.76.